The Labute approximate surface area is 71.9 Å². The van der Waals surface area contributed by atoms with Crippen LogP contribution in [0.25, 0.3) is 0 Å². The van der Waals surface area contributed by atoms with E-state index in [0.717, 1.165) is 25.9 Å². The van der Waals surface area contributed by atoms with Crippen LogP contribution in [0.15, 0.2) is 0 Å². The highest BCUT2D eigenvalue weighted by Crippen LogP contribution is 2.10. The minimum atomic E-state index is -2.18. The van der Waals surface area contributed by atoms with Crippen LogP contribution < -0.4 is 5.32 Å². The Morgan fingerprint density at radius 3 is 2.42 bits per heavy atom. The van der Waals surface area contributed by atoms with Crippen molar-refractivity contribution in [3.63, 3.8) is 0 Å². The summed E-state index contributed by atoms with van der Waals surface area (Å²) in [6, 6.07) is 0.527. The molecule has 1 rings (SSSR count). The van der Waals surface area contributed by atoms with Gasteiger partial charge in [-0.3, -0.25) is 4.90 Å². The number of nitrogens with one attached hydrogen (secondary N) is 1. The van der Waals surface area contributed by atoms with Gasteiger partial charge in [-0.05, 0) is 33.0 Å². The normalized spacial score (nSPS) is 22.0. The van der Waals surface area contributed by atoms with Crippen LogP contribution in [0, 0.1) is 0 Å². The average molecular weight is 178 g/mol. The van der Waals surface area contributed by atoms with Crippen LogP contribution in [0.5, 0.6) is 0 Å². The van der Waals surface area contributed by atoms with Gasteiger partial charge in [-0.1, -0.05) is 0 Å². The first-order chi connectivity index (χ1) is 5.72. The Morgan fingerprint density at radius 2 is 2.00 bits per heavy atom. The van der Waals surface area contributed by atoms with Gasteiger partial charge in [-0.25, -0.2) is 8.78 Å². The average Bonchev–Trinajstić information content (AvgIpc) is 2.05. The fraction of sp³-hybridized carbons (Fsp3) is 1.00. The minimum Gasteiger partial charge on any atom is -0.317 e. The summed E-state index contributed by atoms with van der Waals surface area (Å²) in [6.45, 7) is 1.54. The third-order valence-corrected chi connectivity index (χ3v) is 2.39. The number of piperidine rings is 1. The lowest BCUT2D eigenvalue weighted by molar-refractivity contribution is 0.0737. The summed E-state index contributed by atoms with van der Waals surface area (Å²) in [5, 5.41) is 3.16. The van der Waals surface area contributed by atoms with Gasteiger partial charge in [0.2, 0.25) is 0 Å². The second-order valence-electron chi connectivity index (χ2n) is 3.25. The lowest BCUT2D eigenvalue weighted by atomic mass is 10.1. The maximum atomic E-state index is 11.9. The topological polar surface area (TPSA) is 15.3 Å². The fourth-order valence-electron chi connectivity index (χ4n) is 1.60. The van der Waals surface area contributed by atoms with E-state index in [-0.39, 0.29) is 6.54 Å². The van der Waals surface area contributed by atoms with Crippen LogP contribution in [-0.4, -0.2) is 44.0 Å². The predicted octanol–water partition coefficient (Wildman–Crippen LogP) is 0.935. The second-order valence-corrected chi connectivity index (χ2v) is 3.25. The first-order valence-electron chi connectivity index (χ1n) is 4.40. The van der Waals surface area contributed by atoms with Gasteiger partial charge < -0.3 is 5.32 Å². The van der Waals surface area contributed by atoms with E-state index in [4.69, 9.17) is 0 Å². The molecule has 4 heteroatoms. The third kappa shape index (κ3) is 3.03. The van der Waals surface area contributed by atoms with E-state index in [0.29, 0.717) is 6.04 Å². The number of rotatable bonds is 3. The molecule has 1 aliphatic heterocycles. The molecule has 0 atom stereocenters. The molecule has 0 saturated carbocycles. The van der Waals surface area contributed by atoms with Gasteiger partial charge in [0.15, 0.2) is 0 Å². The third-order valence-electron chi connectivity index (χ3n) is 2.39. The number of alkyl halides is 2. The molecule has 0 radical (unpaired) electrons. The first kappa shape index (κ1) is 9.86. The molecule has 72 valence electrons. The Balaban J connectivity index is 2.17. The van der Waals surface area contributed by atoms with E-state index in [2.05, 4.69) is 5.32 Å². The molecule has 2 nitrogen and oxygen atoms in total. The zero-order valence-corrected chi connectivity index (χ0v) is 7.39. The zero-order valence-electron chi connectivity index (χ0n) is 7.39. The van der Waals surface area contributed by atoms with Crippen LogP contribution >= 0.6 is 0 Å². The summed E-state index contributed by atoms with van der Waals surface area (Å²) in [5.41, 5.74) is 0. The standard InChI is InChI=1S/C8H16F2N2/c1-11-7-2-4-12(5-3-7)6-8(9)10/h7-8,11H,2-6H2,1H3. The summed E-state index contributed by atoms with van der Waals surface area (Å²) in [4.78, 5) is 1.83. The van der Waals surface area contributed by atoms with Crippen LogP contribution in [0.3, 0.4) is 0 Å². The molecular weight excluding hydrogens is 162 g/mol. The fourth-order valence-corrected chi connectivity index (χ4v) is 1.60. The Morgan fingerprint density at radius 1 is 1.42 bits per heavy atom. The number of nitrogens with zero attached hydrogens (tertiary/aromatic N) is 1. The predicted molar refractivity (Wildman–Crippen MR) is 44.5 cm³/mol. The van der Waals surface area contributed by atoms with Gasteiger partial charge in [0.25, 0.3) is 6.43 Å². The summed E-state index contributed by atoms with van der Waals surface area (Å²) >= 11 is 0. The lowest BCUT2D eigenvalue weighted by Gasteiger charge is -2.31. The van der Waals surface area contributed by atoms with Crippen LogP contribution in [-0.2, 0) is 0 Å². The molecule has 1 N–H and O–H groups in total. The molecule has 0 aliphatic carbocycles. The molecule has 0 bridgehead atoms. The molecule has 1 saturated heterocycles. The summed E-state index contributed by atoms with van der Waals surface area (Å²) in [7, 11) is 1.92. The largest absolute Gasteiger partial charge is 0.317 e. The van der Waals surface area contributed by atoms with Crippen molar-refractivity contribution in [2.24, 2.45) is 0 Å². The Hall–Kier alpha value is -0.220. The van der Waals surface area contributed by atoms with Crippen molar-refractivity contribution >= 4 is 0 Å². The number of hydrogen-bond acceptors (Lipinski definition) is 2. The Bertz CT molecular complexity index is 122. The summed E-state index contributed by atoms with van der Waals surface area (Å²) in [6.07, 6.45) is -0.206. The van der Waals surface area contributed by atoms with Crippen LogP contribution in [0.4, 0.5) is 8.78 Å². The molecular formula is C8H16F2N2. The van der Waals surface area contributed by atoms with Gasteiger partial charge in [-0.2, -0.15) is 0 Å². The monoisotopic (exact) mass is 178 g/mol. The van der Waals surface area contributed by atoms with Gasteiger partial charge in [0, 0.05) is 6.04 Å². The van der Waals surface area contributed by atoms with Gasteiger partial charge in [0.05, 0.1) is 6.54 Å². The SMILES string of the molecule is CNC1CCN(CC(F)F)CC1. The maximum Gasteiger partial charge on any atom is 0.251 e. The van der Waals surface area contributed by atoms with Crippen LogP contribution in [0.1, 0.15) is 12.8 Å². The van der Waals surface area contributed by atoms with Gasteiger partial charge in [0.1, 0.15) is 0 Å². The van der Waals surface area contributed by atoms with Crippen molar-refractivity contribution < 1.29 is 8.78 Å². The van der Waals surface area contributed by atoms with E-state index in [1.165, 1.54) is 0 Å². The molecule has 1 fully saturated rings. The van der Waals surface area contributed by atoms with Crippen molar-refractivity contribution in [2.75, 3.05) is 26.7 Å². The molecule has 0 spiro atoms. The second kappa shape index (κ2) is 4.72. The van der Waals surface area contributed by atoms with E-state index < -0.39 is 6.43 Å². The minimum absolute atomic E-state index is 0.0591. The number of likely N-dealkylation sites (tertiary alicyclic amines) is 1. The maximum absolute atomic E-state index is 11.9. The van der Waals surface area contributed by atoms with E-state index in [1.54, 1.807) is 0 Å². The van der Waals surface area contributed by atoms with Crippen molar-refractivity contribution in [2.45, 2.75) is 25.3 Å². The Kier molecular flexibility index (Phi) is 3.88. The highest BCUT2D eigenvalue weighted by Gasteiger charge is 2.19. The van der Waals surface area contributed by atoms with Crippen molar-refractivity contribution in [3.05, 3.63) is 0 Å². The molecule has 1 aliphatic rings. The van der Waals surface area contributed by atoms with Crippen molar-refractivity contribution in [3.8, 4) is 0 Å². The highest BCUT2D eigenvalue weighted by molar-refractivity contribution is 4.75. The molecule has 1 heterocycles. The summed E-state index contributed by atoms with van der Waals surface area (Å²) < 4.78 is 23.9. The molecule has 0 aromatic rings. The molecule has 0 aromatic heterocycles. The zero-order chi connectivity index (χ0) is 8.97. The van der Waals surface area contributed by atoms with Gasteiger partial charge >= 0.3 is 0 Å². The van der Waals surface area contributed by atoms with E-state index in [1.807, 2.05) is 11.9 Å². The van der Waals surface area contributed by atoms with E-state index in [9.17, 15) is 8.78 Å². The van der Waals surface area contributed by atoms with Crippen molar-refractivity contribution in [1.82, 2.24) is 10.2 Å². The smallest absolute Gasteiger partial charge is 0.251 e. The van der Waals surface area contributed by atoms with Crippen LogP contribution in [0.2, 0.25) is 0 Å². The quantitative estimate of drug-likeness (QED) is 0.691. The number of hydrogen-bond donors (Lipinski definition) is 1. The van der Waals surface area contributed by atoms with E-state index >= 15 is 0 Å². The van der Waals surface area contributed by atoms with Crippen molar-refractivity contribution in [1.29, 1.82) is 0 Å². The number of halogens is 2. The van der Waals surface area contributed by atoms with Gasteiger partial charge in [-0.15, -0.1) is 0 Å². The first-order valence-corrected chi connectivity index (χ1v) is 4.40. The summed E-state index contributed by atoms with van der Waals surface area (Å²) in [5.74, 6) is 0. The molecule has 12 heavy (non-hydrogen) atoms. The molecule has 0 aromatic carbocycles. The lowest BCUT2D eigenvalue weighted by Crippen LogP contribution is -2.42. The molecule has 0 amide bonds. The molecule has 0 unspecified atom stereocenters. The highest BCUT2D eigenvalue weighted by atomic mass is 19.3.